The van der Waals surface area contributed by atoms with Gasteiger partial charge >= 0.3 is 13.1 Å². The Morgan fingerprint density at radius 3 is 2.04 bits per heavy atom. The molecule has 0 amide bonds. The number of nitrogens with two attached hydrogens (primary N) is 1. The van der Waals surface area contributed by atoms with E-state index < -0.39 is 56.4 Å². The van der Waals surface area contributed by atoms with E-state index in [0.717, 1.165) is 5.56 Å². The molecule has 0 aliphatic heterocycles. The number of aliphatic carboxylic acids is 1. The molecule has 10 N–H and O–H groups in total. The van der Waals surface area contributed by atoms with Crippen LogP contribution in [0.3, 0.4) is 0 Å². The van der Waals surface area contributed by atoms with Gasteiger partial charge in [0.2, 0.25) is 0 Å². The molecule has 0 aliphatic rings. The number of aliphatic hydroxyl groups is 5. The van der Waals surface area contributed by atoms with Crippen LogP contribution in [0, 0.1) is 0 Å². The topological polar surface area (TPSA) is 222 Å². The maximum absolute atomic E-state index is 10.9. The summed E-state index contributed by atoms with van der Waals surface area (Å²) >= 11 is 0. The van der Waals surface area contributed by atoms with Crippen LogP contribution in [0.4, 0.5) is 0 Å². The molecule has 0 saturated carbocycles. The number of Topliss-reactive ketones (excluding diaryl/α,β-unsaturated/α-hetero) is 1. The summed E-state index contributed by atoms with van der Waals surface area (Å²) in [4.78, 5) is 21.4. The van der Waals surface area contributed by atoms with Gasteiger partial charge in [0.05, 0.1) is 6.61 Å². The first-order valence-corrected chi connectivity index (χ1v) is 7.75. The van der Waals surface area contributed by atoms with E-state index in [1.165, 1.54) is 12.1 Å². The van der Waals surface area contributed by atoms with E-state index in [2.05, 4.69) is 5.11 Å². The Bertz CT molecular complexity index is 609. The molecule has 1 radical (unpaired) electrons. The molecule has 1 aromatic rings. The molecule has 13 heteroatoms. The van der Waals surface area contributed by atoms with Crippen LogP contribution in [0.15, 0.2) is 24.3 Å². The fourth-order valence-electron chi connectivity index (χ4n) is 1.77. The number of benzene rings is 1. The van der Waals surface area contributed by atoms with E-state index in [1.807, 2.05) is 0 Å². The third-order valence-corrected chi connectivity index (χ3v) is 3.43. The van der Waals surface area contributed by atoms with Gasteiger partial charge in [-0.25, -0.2) is 0 Å². The number of carbonyl (C=O) groups is 2. The van der Waals surface area contributed by atoms with E-state index in [-0.39, 0.29) is 36.0 Å². The van der Waals surface area contributed by atoms with Crippen molar-refractivity contribution in [2.45, 2.75) is 30.8 Å². The summed E-state index contributed by atoms with van der Waals surface area (Å²) in [6, 6.07) is 5.43. The normalized spacial score (nSPS) is 14.8. The van der Waals surface area contributed by atoms with Gasteiger partial charge in [0, 0.05) is 29.6 Å². The third kappa shape index (κ3) is 10.6. The third-order valence-electron chi connectivity index (χ3n) is 3.43. The molecule has 28 heavy (non-hydrogen) atoms. The van der Waals surface area contributed by atoms with Gasteiger partial charge in [-0.1, -0.05) is 24.3 Å². The molecule has 11 nitrogen and oxygen atoms in total. The van der Waals surface area contributed by atoms with Gasteiger partial charge in [-0.3, -0.25) is 9.59 Å². The summed E-state index contributed by atoms with van der Waals surface area (Å²) < 4.78 is 6.40. The second-order valence-corrected chi connectivity index (χ2v) is 5.55. The molecule has 1 rings (SSSR count). The molecule has 153 valence electrons. The molecule has 0 unspecified atom stereocenters. The Kier molecular flexibility index (Phi) is 14.5. The first-order chi connectivity index (χ1) is 13.1. The fraction of sp³-hybridized carbons (Fsp3) is 0.467. The molecular weight excluding hydrogens is 388 g/mol. The molecule has 0 spiro atoms. The summed E-state index contributed by atoms with van der Waals surface area (Å²) in [6.45, 7) is -1.69. The molecule has 0 saturated heterocycles. The van der Waals surface area contributed by atoms with Gasteiger partial charge < -0.3 is 46.4 Å². The predicted molar refractivity (Wildman–Crippen MR) is 98.5 cm³/mol. The van der Waals surface area contributed by atoms with Crippen molar-refractivity contribution in [1.29, 1.82) is 1.43 Å². The van der Waals surface area contributed by atoms with Crippen LogP contribution >= 0.6 is 0 Å². The van der Waals surface area contributed by atoms with E-state index >= 15 is 0 Å². The van der Waals surface area contributed by atoms with E-state index in [9.17, 15) is 9.59 Å². The molecule has 0 heterocycles. The monoisotopic (exact) mass is 413 g/mol. The van der Waals surface area contributed by atoms with Gasteiger partial charge in [-0.15, -0.1) is 0 Å². The van der Waals surface area contributed by atoms with Crippen LogP contribution in [0.2, 0.25) is 0 Å². The van der Waals surface area contributed by atoms with Crippen LogP contribution in [-0.4, -0.2) is 127 Å². The Labute approximate surface area is 185 Å². The van der Waals surface area contributed by atoms with Gasteiger partial charge in [0.1, 0.15) is 31.0 Å². The standard InChI is InChI=1S/C9H12BNO4.C6H12O6.Na/c11-8(9(12)13)5-6-1-3-7(4-2-6)10(14)15;7-1-3(9)5(11)6(12)4(10)2-8;/h1-4,8,14-15H,5,11H2,(H,12,13);3,5-9,11-12H,1-2H2;/t8-;3-,5-,6-;/m01./s1/i/hD. The number of carbonyl (C=O) groups excluding carboxylic acids is 1. The van der Waals surface area contributed by atoms with Crippen LogP contribution in [-0.2, 0) is 16.0 Å². The summed E-state index contributed by atoms with van der Waals surface area (Å²) in [5, 5.41) is 64.5. The van der Waals surface area contributed by atoms with Crippen LogP contribution < -0.4 is 11.2 Å². The predicted octanol–water partition coefficient (Wildman–Crippen LogP) is -5.44. The first-order valence-electron chi connectivity index (χ1n) is 8.16. The molecule has 4 atom stereocenters. The average Bonchev–Trinajstić information content (AvgIpc) is 2.71. The second kappa shape index (κ2) is 15.0. The zero-order valence-corrected chi connectivity index (χ0v) is 17.3. The number of aliphatic hydroxyl groups excluding tert-OH is 5. The zero-order valence-electron chi connectivity index (χ0n) is 16.3. The summed E-state index contributed by atoms with van der Waals surface area (Å²) in [5.74, 6) is -1.80. The molecule has 0 aliphatic carbocycles. The van der Waals surface area contributed by atoms with Crippen molar-refractivity contribution < 1.29 is 50.3 Å². The minimum atomic E-state index is -1.86. The van der Waals surface area contributed by atoms with Crippen LogP contribution in [0.5, 0.6) is 0 Å². The van der Waals surface area contributed by atoms with Crippen molar-refractivity contribution in [2.75, 3.05) is 13.2 Å². The van der Waals surface area contributed by atoms with Crippen molar-refractivity contribution in [3.8, 4) is 0 Å². The number of carboxylic acid groups (broad SMARTS) is 1. The maximum Gasteiger partial charge on any atom is 0.488 e. The van der Waals surface area contributed by atoms with E-state index in [1.54, 1.807) is 12.1 Å². The summed E-state index contributed by atoms with van der Waals surface area (Å²) in [5.41, 5.74) is 6.58. The number of carboxylic acids is 1. The largest absolute Gasteiger partial charge is 0.488 e. The van der Waals surface area contributed by atoms with Gasteiger partial charge in [0.15, 0.2) is 5.78 Å². The summed E-state index contributed by atoms with van der Waals surface area (Å²) in [7, 11) is -1.51. The Balaban J connectivity index is 0. The fourth-order valence-corrected chi connectivity index (χ4v) is 1.77. The average molecular weight is 413 g/mol. The quantitative estimate of drug-likeness (QED) is 0.174. The van der Waals surface area contributed by atoms with E-state index in [4.69, 9.17) is 42.7 Å². The molecule has 0 aromatic heterocycles. The SMILES string of the molecule is O=C(CO)[C@@H](O)[C@H](O)[C@H](O)CO.[2H]OC(=O)[C@@H](N)Cc1ccc(B(O)O)cc1.[Na]. The smallest absolute Gasteiger partial charge is 0.480 e. The minimum absolute atomic E-state index is 0. The minimum Gasteiger partial charge on any atom is -0.480 e. The molecular formula is C15H24BNNaO10. The van der Waals surface area contributed by atoms with E-state index in [0.29, 0.717) is 5.46 Å². The number of rotatable bonds is 9. The van der Waals surface area contributed by atoms with Gasteiger partial charge in [-0.2, -0.15) is 0 Å². The molecule has 0 bridgehead atoms. The van der Waals surface area contributed by atoms with Crippen molar-refractivity contribution in [1.82, 2.24) is 0 Å². The number of hydrogen-bond acceptors (Lipinski definition) is 11. The first kappa shape index (κ1) is 27.1. The van der Waals surface area contributed by atoms with Crippen molar-refractivity contribution in [2.24, 2.45) is 5.73 Å². The van der Waals surface area contributed by atoms with Crippen LogP contribution in [0.25, 0.3) is 1.43 Å². The summed E-state index contributed by atoms with van der Waals surface area (Å²) in [6.07, 6.45) is -4.98. The zero-order chi connectivity index (χ0) is 21.9. The number of hydrogen-bond donors (Lipinski definition) is 9. The Hall–Kier alpha value is -0.895. The number of ketones is 1. The molecule has 1 aromatic carbocycles. The maximum atomic E-state index is 10.9. The van der Waals surface area contributed by atoms with Gasteiger partial charge in [0.25, 0.3) is 1.43 Å². The van der Waals surface area contributed by atoms with Crippen molar-refractivity contribution in [3.05, 3.63) is 29.8 Å². The van der Waals surface area contributed by atoms with Crippen molar-refractivity contribution >= 4 is 53.9 Å². The van der Waals surface area contributed by atoms with Crippen LogP contribution in [0.1, 0.15) is 5.56 Å². The Morgan fingerprint density at radius 2 is 1.64 bits per heavy atom. The second-order valence-electron chi connectivity index (χ2n) is 5.55. The molecule has 0 fully saturated rings. The Morgan fingerprint density at radius 1 is 1.11 bits per heavy atom. The van der Waals surface area contributed by atoms with Crippen molar-refractivity contribution in [3.63, 3.8) is 0 Å². The van der Waals surface area contributed by atoms with Gasteiger partial charge in [-0.05, 0) is 17.4 Å².